The Morgan fingerprint density at radius 2 is 1.62 bits per heavy atom. The Labute approximate surface area is 218 Å². The number of halogens is 1. The summed E-state index contributed by atoms with van der Waals surface area (Å²) in [6.07, 6.45) is 4.95. The van der Waals surface area contributed by atoms with Gasteiger partial charge in [0.1, 0.15) is 5.82 Å². The molecule has 2 amide bonds. The number of anilines is 2. The first-order valence-electron chi connectivity index (χ1n) is 13.3. The van der Waals surface area contributed by atoms with Crippen molar-refractivity contribution < 1.29 is 14.0 Å². The van der Waals surface area contributed by atoms with Gasteiger partial charge < -0.3 is 15.1 Å². The van der Waals surface area contributed by atoms with E-state index in [1.807, 2.05) is 48.5 Å². The van der Waals surface area contributed by atoms with Crippen molar-refractivity contribution in [2.75, 3.05) is 29.9 Å². The normalized spacial score (nSPS) is 19.9. The number of piperidine rings is 2. The van der Waals surface area contributed by atoms with E-state index < -0.39 is 17.8 Å². The van der Waals surface area contributed by atoms with Crippen LogP contribution in [0.3, 0.4) is 0 Å². The van der Waals surface area contributed by atoms with Crippen LogP contribution in [-0.4, -0.2) is 36.3 Å². The van der Waals surface area contributed by atoms with Crippen molar-refractivity contribution in [2.24, 2.45) is 5.92 Å². The summed E-state index contributed by atoms with van der Waals surface area (Å²) >= 11 is 0. The zero-order valence-corrected chi connectivity index (χ0v) is 21.3. The number of nitrogens with one attached hydrogen (secondary N) is 1. The average Bonchev–Trinajstić information content (AvgIpc) is 2.93. The van der Waals surface area contributed by atoms with Gasteiger partial charge in [0.15, 0.2) is 0 Å². The minimum atomic E-state index is -0.530. The smallest absolute Gasteiger partial charge is 0.257 e. The number of nitrogens with zero attached hydrogens (tertiary/aromatic N) is 2. The fourth-order valence-electron chi connectivity index (χ4n) is 5.77. The van der Waals surface area contributed by atoms with E-state index in [2.05, 4.69) is 16.3 Å². The van der Waals surface area contributed by atoms with Gasteiger partial charge in [0, 0.05) is 31.0 Å². The highest BCUT2D eigenvalue weighted by atomic mass is 19.1. The van der Waals surface area contributed by atoms with Crippen molar-refractivity contribution in [3.8, 4) is 0 Å². The zero-order chi connectivity index (χ0) is 25.8. The molecule has 2 heterocycles. The zero-order valence-electron chi connectivity index (χ0n) is 21.3. The minimum Gasteiger partial charge on any atom is -0.371 e. The van der Waals surface area contributed by atoms with Crippen LogP contribution in [0.25, 0.3) is 0 Å². The predicted octanol–water partition coefficient (Wildman–Crippen LogP) is 6.36. The second-order valence-electron chi connectivity index (χ2n) is 10.1. The van der Waals surface area contributed by atoms with E-state index in [1.165, 1.54) is 25.3 Å². The lowest BCUT2D eigenvalue weighted by molar-refractivity contribution is -0.123. The molecule has 0 bridgehead atoms. The van der Waals surface area contributed by atoms with Gasteiger partial charge in [-0.1, -0.05) is 48.5 Å². The number of carbonyl (C=O) groups excluding carboxylic acids is 2. The largest absolute Gasteiger partial charge is 0.371 e. The summed E-state index contributed by atoms with van der Waals surface area (Å²) in [7, 11) is 0. The third-order valence-electron chi connectivity index (χ3n) is 7.64. The Morgan fingerprint density at radius 3 is 2.38 bits per heavy atom. The van der Waals surface area contributed by atoms with Crippen LogP contribution in [0.2, 0.25) is 0 Å². The van der Waals surface area contributed by atoms with Gasteiger partial charge in [-0.15, -0.1) is 0 Å². The minimum absolute atomic E-state index is 0.0821. The van der Waals surface area contributed by atoms with Crippen LogP contribution in [0, 0.1) is 18.7 Å². The highest BCUT2D eigenvalue weighted by Gasteiger charge is 2.40. The molecular formula is C31H34FN3O2. The topological polar surface area (TPSA) is 52.7 Å². The predicted molar refractivity (Wildman–Crippen MR) is 145 cm³/mol. The molecule has 6 heteroatoms. The van der Waals surface area contributed by atoms with Crippen LogP contribution in [0.15, 0.2) is 72.8 Å². The molecule has 1 N–H and O–H groups in total. The molecule has 0 spiro atoms. The molecule has 5 rings (SSSR count). The van der Waals surface area contributed by atoms with Crippen LogP contribution in [0.4, 0.5) is 15.8 Å². The van der Waals surface area contributed by atoms with Crippen molar-refractivity contribution in [2.45, 2.75) is 45.1 Å². The van der Waals surface area contributed by atoms with Crippen molar-refractivity contribution in [1.29, 1.82) is 0 Å². The summed E-state index contributed by atoms with van der Waals surface area (Å²) in [6.45, 7) is 4.28. The van der Waals surface area contributed by atoms with Crippen LogP contribution in [-0.2, 0) is 4.79 Å². The van der Waals surface area contributed by atoms with Crippen molar-refractivity contribution >= 4 is 23.2 Å². The summed E-state index contributed by atoms with van der Waals surface area (Å²) in [5, 5.41) is 3.14. The van der Waals surface area contributed by atoms with Gasteiger partial charge in [0.05, 0.1) is 17.5 Å². The molecule has 3 aromatic rings. The molecule has 2 aliphatic heterocycles. The number of aryl methyl sites for hydroxylation is 1. The molecular weight excluding hydrogens is 465 g/mol. The molecule has 37 heavy (non-hydrogen) atoms. The average molecular weight is 500 g/mol. The summed E-state index contributed by atoms with van der Waals surface area (Å²) in [6, 6.07) is 21.9. The van der Waals surface area contributed by atoms with Crippen LogP contribution >= 0.6 is 0 Å². The molecule has 0 radical (unpaired) electrons. The second kappa shape index (κ2) is 11.2. The number of likely N-dealkylation sites (tertiary alicyclic amines) is 1. The van der Waals surface area contributed by atoms with Gasteiger partial charge in [-0.3, -0.25) is 9.59 Å². The first-order chi connectivity index (χ1) is 18.0. The molecule has 2 saturated heterocycles. The Hall–Kier alpha value is -3.67. The van der Waals surface area contributed by atoms with E-state index in [9.17, 15) is 14.0 Å². The quantitative estimate of drug-likeness (QED) is 0.445. The maximum Gasteiger partial charge on any atom is 0.257 e. The monoisotopic (exact) mass is 499 g/mol. The summed E-state index contributed by atoms with van der Waals surface area (Å²) < 4.78 is 14.8. The van der Waals surface area contributed by atoms with Gasteiger partial charge in [-0.2, -0.15) is 0 Å². The maximum atomic E-state index is 14.8. The molecule has 3 aromatic carbocycles. The molecule has 0 saturated carbocycles. The lowest BCUT2D eigenvalue weighted by atomic mass is 9.83. The fourth-order valence-corrected chi connectivity index (χ4v) is 5.77. The van der Waals surface area contributed by atoms with Gasteiger partial charge in [0.25, 0.3) is 5.91 Å². The van der Waals surface area contributed by atoms with E-state index in [1.54, 1.807) is 24.0 Å². The van der Waals surface area contributed by atoms with Gasteiger partial charge in [-0.25, -0.2) is 4.39 Å². The molecule has 0 aliphatic carbocycles. The summed E-state index contributed by atoms with van der Waals surface area (Å²) in [4.78, 5) is 31.5. The van der Waals surface area contributed by atoms with Crippen LogP contribution in [0.1, 0.15) is 59.6 Å². The van der Waals surface area contributed by atoms with Crippen molar-refractivity contribution in [3.63, 3.8) is 0 Å². The van der Waals surface area contributed by atoms with Gasteiger partial charge >= 0.3 is 0 Å². The Balaban J connectivity index is 1.43. The first-order valence-corrected chi connectivity index (χ1v) is 13.3. The SMILES string of the molecule is Cc1cccc(F)c1C(=O)N1CCC[C@H](C(=O)Nc2cccc(N3CCCCC3)c2)[C@@H]1c1ccccc1. The lowest BCUT2D eigenvalue weighted by Crippen LogP contribution is -2.46. The molecule has 2 fully saturated rings. The van der Waals surface area contributed by atoms with Gasteiger partial charge in [-0.05, 0) is 74.4 Å². The number of carbonyl (C=O) groups is 2. The highest BCUT2D eigenvalue weighted by molar-refractivity contribution is 5.98. The van der Waals surface area contributed by atoms with Gasteiger partial charge in [0.2, 0.25) is 5.91 Å². The number of amides is 2. The third kappa shape index (κ3) is 5.38. The first kappa shape index (κ1) is 25.0. The number of rotatable bonds is 5. The van der Waals surface area contributed by atoms with E-state index in [4.69, 9.17) is 0 Å². The third-order valence-corrected chi connectivity index (χ3v) is 7.64. The molecule has 192 valence electrons. The van der Waals surface area contributed by atoms with Crippen LogP contribution in [0.5, 0.6) is 0 Å². The van der Waals surface area contributed by atoms with E-state index in [0.29, 0.717) is 24.9 Å². The Morgan fingerprint density at radius 1 is 0.865 bits per heavy atom. The Bertz CT molecular complexity index is 1240. The van der Waals surface area contributed by atoms with E-state index in [-0.39, 0.29) is 17.4 Å². The molecule has 0 unspecified atom stereocenters. The number of benzene rings is 3. The van der Waals surface area contributed by atoms with Crippen LogP contribution < -0.4 is 10.2 Å². The molecule has 5 nitrogen and oxygen atoms in total. The number of hydrogen-bond acceptors (Lipinski definition) is 3. The molecule has 2 atom stereocenters. The lowest BCUT2D eigenvalue weighted by Gasteiger charge is -2.41. The van der Waals surface area contributed by atoms with Crippen molar-refractivity contribution in [3.05, 3.63) is 95.3 Å². The number of hydrogen-bond donors (Lipinski definition) is 1. The van der Waals surface area contributed by atoms with E-state index in [0.717, 1.165) is 30.0 Å². The second-order valence-corrected chi connectivity index (χ2v) is 10.1. The molecule has 2 aliphatic rings. The Kier molecular flexibility index (Phi) is 7.54. The van der Waals surface area contributed by atoms with Crippen molar-refractivity contribution in [1.82, 2.24) is 4.90 Å². The summed E-state index contributed by atoms with van der Waals surface area (Å²) in [5.41, 5.74) is 3.43. The summed E-state index contributed by atoms with van der Waals surface area (Å²) in [5.74, 6) is -1.47. The fraction of sp³-hybridized carbons (Fsp3) is 0.355. The maximum absolute atomic E-state index is 14.8. The molecule has 0 aromatic heterocycles. The van der Waals surface area contributed by atoms with E-state index >= 15 is 0 Å². The highest BCUT2D eigenvalue weighted by Crippen LogP contribution is 2.38. The standard InChI is InChI=1S/C31H34FN3O2/c1-22-11-8-17-27(32)28(22)31(37)35-20-10-16-26(29(35)23-12-4-2-5-13-23)30(36)33-24-14-9-15-25(21-24)34-18-6-3-7-19-34/h2,4-5,8-9,11-15,17,21,26,29H,3,6-7,10,16,18-20H2,1H3,(H,33,36)/t26-,29-/m0/s1.